The molecule has 0 aliphatic heterocycles. The predicted molar refractivity (Wildman–Crippen MR) is 96.2 cm³/mol. The highest BCUT2D eigenvalue weighted by Crippen LogP contribution is 2.11. The van der Waals surface area contributed by atoms with E-state index in [0.717, 1.165) is 5.56 Å². The maximum Gasteiger partial charge on any atom is 0.240 e. The van der Waals surface area contributed by atoms with Crippen LogP contribution in [0.15, 0.2) is 29.3 Å². The molecule has 0 bridgehead atoms. The van der Waals surface area contributed by atoms with Gasteiger partial charge in [-0.2, -0.15) is 0 Å². The summed E-state index contributed by atoms with van der Waals surface area (Å²) in [6.45, 7) is 0.382. The molecule has 0 fully saturated rings. The van der Waals surface area contributed by atoms with E-state index in [9.17, 15) is 14.7 Å². The van der Waals surface area contributed by atoms with Gasteiger partial charge in [0.25, 0.3) is 0 Å². The van der Waals surface area contributed by atoms with Crippen LogP contribution in [0.3, 0.4) is 0 Å². The van der Waals surface area contributed by atoms with Crippen LogP contribution in [-0.2, 0) is 16.0 Å². The van der Waals surface area contributed by atoms with E-state index in [1.807, 2.05) is 0 Å². The van der Waals surface area contributed by atoms with E-state index >= 15 is 0 Å². The molecule has 26 heavy (non-hydrogen) atoms. The number of guanidine groups is 1. The maximum absolute atomic E-state index is 12.1. The van der Waals surface area contributed by atoms with E-state index < -0.39 is 23.9 Å². The van der Waals surface area contributed by atoms with Crippen molar-refractivity contribution in [3.8, 4) is 5.75 Å². The molecule has 2 unspecified atom stereocenters. The van der Waals surface area contributed by atoms with Gasteiger partial charge in [0.1, 0.15) is 11.8 Å². The van der Waals surface area contributed by atoms with E-state index in [4.69, 9.17) is 22.4 Å². The number of phenols is 1. The number of nitrogens with zero attached hydrogens (tertiary/aromatic N) is 1. The molecule has 0 saturated carbocycles. The Balaban J connectivity index is 2.53. The first-order chi connectivity index (χ1) is 12.3. The zero-order valence-electron chi connectivity index (χ0n) is 14.4. The minimum Gasteiger partial charge on any atom is -0.508 e. The van der Waals surface area contributed by atoms with Crippen molar-refractivity contribution < 1.29 is 19.9 Å². The van der Waals surface area contributed by atoms with Crippen molar-refractivity contribution in [2.75, 3.05) is 6.54 Å². The number of phenolic OH excluding ortho intramolecular Hbond substituents is 1. The quantitative estimate of drug-likeness (QED) is 0.109. The minimum absolute atomic E-state index is 0.0187. The number of hydroxylamine groups is 1. The molecule has 10 nitrogen and oxygen atoms in total. The topological polar surface area (TPSA) is 189 Å². The SMILES string of the molecule is NC(=O)C(Cc1ccc(O)cc1)NC(=O)CC(CCCN=C(N)N)NO. The molecule has 10 heteroatoms. The summed E-state index contributed by atoms with van der Waals surface area (Å²) in [5.74, 6) is -1.02. The molecule has 10 N–H and O–H groups in total. The van der Waals surface area contributed by atoms with Gasteiger partial charge >= 0.3 is 0 Å². The molecule has 1 rings (SSSR count). The molecule has 0 aliphatic carbocycles. The van der Waals surface area contributed by atoms with Gasteiger partial charge in [-0.3, -0.25) is 14.6 Å². The molecule has 0 aliphatic rings. The van der Waals surface area contributed by atoms with Gasteiger partial charge in [-0.25, -0.2) is 5.48 Å². The summed E-state index contributed by atoms with van der Waals surface area (Å²) in [4.78, 5) is 27.5. The third-order valence-electron chi connectivity index (χ3n) is 3.67. The van der Waals surface area contributed by atoms with Crippen LogP contribution in [0.1, 0.15) is 24.8 Å². The molecule has 144 valence electrons. The lowest BCUT2D eigenvalue weighted by Gasteiger charge is -2.18. The van der Waals surface area contributed by atoms with Gasteiger partial charge in [-0.1, -0.05) is 12.1 Å². The number of primary amides is 1. The molecular formula is C16H26N6O4. The standard InChI is InChI=1S/C16H26N6O4/c17-15(25)13(8-10-3-5-12(23)6-4-10)21-14(24)9-11(22-26)2-1-7-20-16(18)19/h3-6,11,13,22-23,26H,1-2,7-9H2,(H2,17,25)(H,21,24)(H4,18,19,20). The number of nitrogens with two attached hydrogens (primary N) is 3. The molecule has 1 aromatic carbocycles. The van der Waals surface area contributed by atoms with Crippen molar-refractivity contribution in [2.45, 2.75) is 37.8 Å². The molecule has 0 spiro atoms. The Kier molecular flexibility index (Phi) is 8.88. The first-order valence-corrected chi connectivity index (χ1v) is 8.13. The molecule has 0 saturated heterocycles. The predicted octanol–water partition coefficient (Wildman–Crippen LogP) is -1.30. The molecule has 0 aromatic heterocycles. The number of amides is 2. The van der Waals surface area contributed by atoms with Gasteiger partial charge in [0.05, 0.1) is 0 Å². The van der Waals surface area contributed by atoms with Gasteiger partial charge in [0.2, 0.25) is 11.8 Å². The summed E-state index contributed by atoms with van der Waals surface area (Å²) in [6.07, 6.45) is 1.18. The Morgan fingerprint density at radius 3 is 2.35 bits per heavy atom. The number of rotatable bonds is 11. The van der Waals surface area contributed by atoms with Crippen LogP contribution in [0.2, 0.25) is 0 Å². The third-order valence-corrected chi connectivity index (χ3v) is 3.67. The highest BCUT2D eigenvalue weighted by Gasteiger charge is 2.21. The summed E-state index contributed by atoms with van der Waals surface area (Å²) in [7, 11) is 0. The number of hydrogen-bond donors (Lipinski definition) is 7. The number of hydrogen-bond acceptors (Lipinski definition) is 6. The van der Waals surface area contributed by atoms with Crippen LogP contribution in [0.4, 0.5) is 0 Å². The van der Waals surface area contributed by atoms with Gasteiger partial charge in [-0.05, 0) is 30.5 Å². The lowest BCUT2D eigenvalue weighted by molar-refractivity contribution is -0.128. The van der Waals surface area contributed by atoms with Crippen molar-refractivity contribution >= 4 is 17.8 Å². The van der Waals surface area contributed by atoms with Gasteiger partial charge in [-0.15, -0.1) is 0 Å². The van der Waals surface area contributed by atoms with E-state index in [2.05, 4.69) is 15.8 Å². The average Bonchev–Trinajstić information content (AvgIpc) is 2.58. The van der Waals surface area contributed by atoms with E-state index in [-0.39, 0.29) is 24.6 Å². The maximum atomic E-state index is 12.1. The van der Waals surface area contributed by atoms with E-state index in [1.165, 1.54) is 12.1 Å². The summed E-state index contributed by atoms with van der Waals surface area (Å²) in [5, 5.41) is 21.0. The number of carbonyl (C=O) groups is 2. The Bertz CT molecular complexity index is 616. The number of carbonyl (C=O) groups excluding carboxylic acids is 2. The summed E-state index contributed by atoms with van der Waals surface area (Å²) in [5.41, 5.74) is 18.6. The highest BCUT2D eigenvalue weighted by molar-refractivity contribution is 5.87. The smallest absolute Gasteiger partial charge is 0.240 e. The number of nitrogens with one attached hydrogen (secondary N) is 2. The van der Waals surface area contributed by atoms with Crippen LogP contribution in [0.25, 0.3) is 0 Å². The van der Waals surface area contributed by atoms with Gasteiger partial charge in [0.15, 0.2) is 5.96 Å². The Morgan fingerprint density at radius 2 is 1.81 bits per heavy atom. The Hall–Kier alpha value is -2.85. The first-order valence-electron chi connectivity index (χ1n) is 8.13. The van der Waals surface area contributed by atoms with E-state index in [0.29, 0.717) is 19.4 Å². The fraction of sp³-hybridized carbons (Fsp3) is 0.438. The summed E-state index contributed by atoms with van der Waals surface area (Å²) >= 11 is 0. The second-order valence-corrected chi connectivity index (χ2v) is 5.87. The fourth-order valence-corrected chi connectivity index (χ4v) is 2.33. The van der Waals surface area contributed by atoms with Crippen LogP contribution < -0.4 is 28.0 Å². The monoisotopic (exact) mass is 366 g/mol. The zero-order valence-corrected chi connectivity index (χ0v) is 14.4. The van der Waals surface area contributed by atoms with Crippen molar-refractivity contribution in [1.29, 1.82) is 0 Å². The largest absolute Gasteiger partial charge is 0.508 e. The van der Waals surface area contributed by atoms with Crippen molar-refractivity contribution in [1.82, 2.24) is 10.8 Å². The fourth-order valence-electron chi connectivity index (χ4n) is 2.33. The number of benzene rings is 1. The van der Waals surface area contributed by atoms with Crippen LogP contribution in [0.5, 0.6) is 5.75 Å². The first kappa shape index (κ1) is 21.2. The summed E-state index contributed by atoms with van der Waals surface area (Å²) < 4.78 is 0. The van der Waals surface area contributed by atoms with Crippen LogP contribution in [0, 0.1) is 0 Å². The Labute approximate surface area is 151 Å². The van der Waals surface area contributed by atoms with E-state index in [1.54, 1.807) is 12.1 Å². The van der Waals surface area contributed by atoms with Crippen molar-refractivity contribution in [3.63, 3.8) is 0 Å². The normalized spacial score (nSPS) is 12.8. The van der Waals surface area contributed by atoms with Crippen molar-refractivity contribution in [3.05, 3.63) is 29.8 Å². The number of aliphatic imine (C=N–C) groups is 1. The molecule has 2 atom stereocenters. The molecule has 2 amide bonds. The molecule has 1 aromatic rings. The summed E-state index contributed by atoms with van der Waals surface area (Å²) in [6, 6.07) is 4.84. The third kappa shape index (κ3) is 8.31. The van der Waals surface area contributed by atoms with Crippen LogP contribution >= 0.6 is 0 Å². The average molecular weight is 366 g/mol. The Morgan fingerprint density at radius 1 is 1.15 bits per heavy atom. The van der Waals surface area contributed by atoms with Crippen LogP contribution in [-0.4, -0.2) is 46.7 Å². The lowest BCUT2D eigenvalue weighted by atomic mass is 10.0. The molecule has 0 radical (unpaired) electrons. The van der Waals surface area contributed by atoms with Crippen molar-refractivity contribution in [2.24, 2.45) is 22.2 Å². The second-order valence-electron chi connectivity index (χ2n) is 5.87. The second kappa shape index (κ2) is 10.9. The van der Waals surface area contributed by atoms with Gasteiger partial charge in [0, 0.05) is 25.4 Å². The number of aromatic hydroxyl groups is 1. The minimum atomic E-state index is -0.895. The highest BCUT2D eigenvalue weighted by atomic mass is 16.5. The lowest BCUT2D eigenvalue weighted by Crippen LogP contribution is -2.47. The zero-order chi connectivity index (χ0) is 19.5. The van der Waals surface area contributed by atoms with Gasteiger partial charge < -0.3 is 32.8 Å². The molecule has 0 heterocycles. The molecular weight excluding hydrogens is 340 g/mol.